The zero-order chi connectivity index (χ0) is 26.3. The van der Waals surface area contributed by atoms with E-state index in [4.69, 9.17) is 14.2 Å². The van der Waals surface area contributed by atoms with Crippen molar-refractivity contribution in [2.45, 2.75) is 44.3 Å². The molecule has 0 bridgehead atoms. The van der Waals surface area contributed by atoms with Crippen LogP contribution in [-0.4, -0.2) is 43.4 Å². The van der Waals surface area contributed by atoms with Gasteiger partial charge in [-0.05, 0) is 30.7 Å². The molecule has 0 amide bonds. The fourth-order valence-corrected chi connectivity index (χ4v) is 4.07. The Balaban J connectivity index is 2.70. The maximum atomic E-state index is 13.8. The van der Waals surface area contributed by atoms with E-state index in [1.54, 1.807) is 0 Å². The van der Waals surface area contributed by atoms with Crippen LogP contribution in [0.15, 0.2) is 29.1 Å². The molecule has 192 valence electrons. The van der Waals surface area contributed by atoms with Crippen LogP contribution in [0.3, 0.4) is 0 Å². The zero-order valence-electron chi connectivity index (χ0n) is 19.2. The lowest BCUT2D eigenvalue weighted by Gasteiger charge is -2.34. The van der Waals surface area contributed by atoms with E-state index in [-0.39, 0.29) is 34.0 Å². The summed E-state index contributed by atoms with van der Waals surface area (Å²) >= 11 is 0. The maximum Gasteiger partial charge on any atom is 0.430 e. The first-order chi connectivity index (χ1) is 16.3. The van der Waals surface area contributed by atoms with Crippen LogP contribution in [0.5, 0.6) is 17.2 Å². The first-order valence-electron chi connectivity index (χ1n) is 10.4. The van der Waals surface area contributed by atoms with Gasteiger partial charge in [0.1, 0.15) is 17.2 Å². The number of alkyl halides is 6. The molecule has 6 nitrogen and oxygen atoms in total. The molecule has 0 saturated heterocycles. The van der Waals surface area contributed by atoms with Crippen LogP contribution in [0.25, 0.3) is 21.7 Å². The monoisotopic (exact) mass is 507 g/mol. The number of aliphatic hydroxyl groups is 1. The van der Waals surface area contributed by atoms with Gasteiger partial charge < -0.3 is 23.9 Å². The minimum atomic E-state index is -6.16. The highest BCUT2D eigenvalue weighted by atomic mass is 19.4. The van der Waals surface area contributed by atoms with Crippen molar-refractivity contribution in [3.05, 3.63) is 40.2 Å². The highest BCUT2D eigenvalue weighted by Crippen LogP contribution is 2.55. The predicted molar refractivity (Wildman–Crippen MR) is 116 cm³/mol. The predicted octanol–water partition coefficient (Wildman–Crippen LogP) is 5.29. The van der Waals surface area contributed by atoms with Gasteiger partial charge in [0.15, 0.2) is 0 Å². The summed E-state index contributed by atoms with van der Waals surface area (Å²) in [5, 5.41) is 9.93. The molecule has 0 aliphatic rings. The molecule has 0 spiro atoms. The van der Waals surface area contributed by atoms with Crippen LogP contribution in [0, 0.1) is 0 Å². The number of unbranched alkanes of at least 4 members (excludes halogenated alkanes) is 1. The molecule has 0 fully saturated rings. The number of hydrogen-bond acceptors (Lipinski definition) is 5. The number of pyridine rings is 1. The van der Waals surface area contributed by atoms with E-state index in [2.05, 4.69) is 0 Å². The normalized spacial score (nSPS) is 12.9. The second-order valence-electron chi connectivity index (χ2n) is 7.81. The van der Waals surface area contributed by atoms with Crippen molar-refractivity contribution in [2.24, 2.45) is 0 Å². The third-order valence-corrected chi connectivity index (χ3v) is 5.83. The van der Waals surface area contributed by atoms with Crippen molar-refractivity contribution < 1.29 is 45.7 Å². The number of ether oxygens (including phenoxy) is 3. The van der Waals surface area contributed by atoms with Crippen LogP contribution in [0.2, 0.25) is 0 Å². The second-order valence-corrected chi connectivity index (χ2v) is 7.81. The molecule has 1 N–H and O–H groups in total. The Morgan fingerprint density at radius 3 is 2.03 bits per heavy atom. The molecule has 0 atom stereocenters. The van der Waals surface area contributed by atoms with Gasteiger partial charge in [0.05, 0.1) is 37.6 Å². The summed E-state index contributed by atoms with van der Waals surface area (Å²) in [6.07, 6.45) is -11.2. The molecule has 1 aromatic heterocycles. The van der Waals surface area contributed by atoms with Crippen LogP contribution >= 0.6 is 0 Å². The summed E-state index contributed by atoms with van der Waals surface area (Å²) < 4.78 is 99.6. The summed E-state index contributed by atoms with van der Waals surface area (Å²) in [4.78, 5) is 13.4. The molecular weight excluding hydrogens is 484 g/mol. The molecule has 12 heteroatoms. The van der Waals surface area contributed by atoms with E-state index in [1.165, 1.54) is 29.9 Å². The van der Waals surface area contributed by atoms with Gasteiger partial charge in [-0.2, -0.15) is 26.3 Å². The lowest BCUT2D eigenvalue weighted by molar-refractivity contribution is -0.376. The fourth-order valence-electron chi connectivity index (χ4n) is 4.07. The third kappa shape index (κ3) is 4.03. The number of nitrogens with zero attached hydrogens (tertiary/aromatic N) is 1. The van der Waals surface area contributed by atoms with Crippen molar-refractivity contribution in [3.8, 4) is 17.2 Å². The average molecular weight is 507 g/mol. The number of benzene rings is 2. The van der Waals surface area contributed by atoms with E-state index in [1.807, 2.05) is 6.92 Å². The van der Waals surface area contributed by atoms with Gasteiger partial charge in [-0.1, -0.05) is 13.3 Å². The molecule has 0 aliphatic heterocycles. The Bertz CT molecular complexity index is 1300. The quantitative estimate of drug-likeness (QED) is 0.348. The summed E-state index contributed by atoms with van der Waals surface area (Å²) in [7, 11) is 3.26. The van der Waals surface area contributed by atoms with Crippen molar-refractivity contribution >= 4 is 21.7 Å². The van der Waals surface area contributed by atoms with E-state index >= 15 is 0 Å². The van der Waals surface area contributed by atoms with Crippen molar-refractivity contribution in [3.63, 3.8) is 0 Å². The largest absolute Gasteiger partial charge is 0.497 e. The minimum absolute atomic E-state index is 0.00208. The van der Waals surface area contributed by atoms with Crippen molar-refractivity contribution in [2.75, 3.05) is 21.3 Å². The van der Waals surface area contributed by atoms with Gasteiger partial charge in [-0.3, -0.25) is 4.79 Å². The zero-order valence-corrected chi connectivity index (χ0v) is 19.2. The number of hydrogen-bond donors (Lipinski definition) is 1. The van der Waals surface area contributed by atoms with Crippen LogP contribution in [0.1, 0.15) is 25.3 Å². The lowest BCUT2D eigenvalue weighted by Crippen LogP contribution is -2.54. The molecule has 0 unspecified atom stereocenters. The molecule has 35 heavy (non-hydrogen) atoms. The minimum Gasteiger partial charge on any atom is -0.497 e. The second kappa shape index (κ2) is 9.14. The molecule has 0 aliphatic carbocycles. The molecule has 0 radical (unpaired) electrons. The first kappa shape index (κ1) is 26.5. The molecule has 1 heterocycles. The third-order valence-electron chi connectivity index (χ3n) is 5.83. The van der Waals surface area contributed by atoms with Gasteiger partial charge in [0.2, 0.25) is 0 Å². The Labute approximate surface area is 195 Å². The highest BCUT2D eigenvalue weighted by Gasteiger charge is 2.72. The first-order valence-corrected chi connectivity index (χ1v) is 10.4. The van der Waals surface area contributed by atoms with E-state index in [0.717, 1.165) is 14.2 Å². The number of rotatable bonds is 7. The molecule has 3 rings (SSSR count). The Hall–Kier alpha value is -3.15. The van der Waals surface area contributed by atoms with Gasteiger partial charge in [0.25, 0.3) is 11.2 Å². The van der Waals surface area contributed by atoms with Crippen LogP contribution < -0.4 is 19.8 Å². The van der Waals surface area contributed by atoms with Gasteiger partial charge in [-0.25, -0.2) is 0 Å². The van der Waals surface area contributed by atoms with Gasteiger partial charge >= 0.3 is 12.4 Å². The van der Waals surface area contributed by atoms with E-state index in [0.29, 0.717) is 18.9 Å². The Kier molecular flexibility index (Phi) is 6.91. The fraction of sp³-hybridized carbons (Fsp3) is 0.435. The molecule has 2 aromatic carbocycles. The number of aromatic nitrogens is 1. The van der Waals surface area contributed by atoms with Gasteiger partial charge in [-0.15, -0.1) is 0 Å². The summed E-state index contributed by atoms with van der Waals surface area (Å²) in [6.45, 7) is 1.95. The summed E-state index contributed by atoms with van der Waals surface area (Å²) in [5.74, 6) is -1.10. The number of fused-ring (bicyclic) bond motifs is 3. The van der Waals surface area contributed by atoms with Crippen LogP contribution in [-0.2, 0) is 12.1 Å². The van der Waals surface area contributed by atoms with Crippen LogP contribution in [0.4, 0.5) is 26.3 Å². The highest BCUT2D eigenvalue weighted by molar-refractivity contribution is 6.11. The smallest absolute Gasteiger partial charge is 0.430 e. The Morgan fingerprint density at radius 2 is 1.54 bits per heavy atom. The summed E-state index contributed by atoms with van der Waals surface area (Å²) in [6, 6.07) is 4.47. The molecule has 0 saturated carbocycles. The van der Waals surface area contributed by atoms with Crippen molar-refractivity contribution in [1.82, 2.24) is 4.57 Å². The average Bonchev–Trinajstić information content (AvgIpc) is 2.80. The van der Waals surface area contributed by atoms with E-state index in [9.17, 15) is 36.2 Å². The Morgan fingerprint density at radius 1 is 0.914 bits per heavy atom. The molecule has 3 aromatic rings. The summed E-state index contributed by atoms with van der Waals surface area (Å²) in [5.41, 5.74) is -7.50. The topological polar surface area (TPSA) is 69.9 Å². The lowest BCUT2D eigenvalue weighted by atomic mass is 9.88. The van der Waals surface area contributed by atoms with Gasteiger partial charge in [0, 0.05) is 17.5 Å². The number of aryl methyl sites for hydroxylation is 1. The molecular formula is C23H23F6NO5. The number of methoxy groups -OCH3 is 3. The van der Waals surface area contributed by atoms with Crippen molar-refractivity contribution in [1.29, 1.82) is 0 Å². The standard InChI is InChI=1S/C23H23F6NO5/c1-5-6-9-30-18-16(34-3)11-15(21(32,22(24,25)26)23(27,28)29)19(35-4)17(18)13-8-7-12(33-2)10-14(13)20(30)31/h7-8,10-11,32H,5-6,9H2,1-4H3. The van der Waals surface area contributed by atoms with E-state index < -0.39 is 40.6 Å². The maximum absolute atomic E-state index is 13.8. The SMILES string of the molecule is CCCCn1c(=O)c2cc(OC)ccc2c2c(OC)c(C(O)(C(F)(F)F)C(F)(F)F)cc(OC)c21. The number of halogens is 6.